The molecule has 1 saturated carbocycles. The normalized spacial score (nSPS) is 31.6. The minimum Gasteiger partial charge on any atom is -0.480 e. The molecule has 2 aliphatic rings. The maximum Gasteiger partial charge on any atom is 0.329 e. The Balaban J connectivity index is 2.21. The quantitative estimate of drug-likeness (QED) is 0.536. The fraction of sp³-hybridized carbons (Fsp3) is 0.625. The number of carbonyl (C=O) groups is 3. The van der Waals surface area contributed by atoms with Crippen LogP contribution in [0.1, 0.15) is 6.42 Å². The number of fused-ring (bicyclic) bond motifs is 1. The summed E-state index contributed by atoms with van der Waals surface area (Å²) in [6.07, 6.45) is 0.534. The number of piperidine rings is 1. The van der Waals surface area contributed by atoms with Crippen LogP contribution in [-0.4, -0.2) is 45.5 Å². The molecule has 1 aliphatic carbocycles. The van der Waals surface area contributed by atoms with Gasteiger partial charge in [0.1, 0.15) is 0 Å². The average Bonchev–Trinajstić information content (AvgIpc) is 2.85. The molecule has 1 saturated heterocycles. The Labute approximate surface area is 79.1 Å². The first-order chi connectivity index (χ1) is 6.57. The summed E-state index contributed by atoms with van der Waals surface area (Å²) in [5.41, 5.74) is 0. The lowest BCUT2D eigenvalue weighted by Gasteiger charge is -2.22. The van der Waals surface area contributed by atoms with Gasteiger partial charge in [0.05, 0.1) is 18.4 Å². The molecule has 2 fully saturated rings. The van der Waals surface area contributed by atoms with Gasteiger partial charge in [-0.05, 0) is 6.42 Å². The van der Waals surface area contributed by atoms with Crippen LogP contribution in [0, 0.1) is 11.8 Å². The van der Waals surface area contributed by atoms with Crippen molar-refractivity contribution < 1.29 is 24.6 Å². The van der Waals surface area contributed by atoms with Gasteiger partial charge in [0.15, 0.2) is 6.04 Å². The zero-order chi connectivity index (χ0) is 10.5. The first-order valence-corrected chi connectivity index (χ1v) is 4.28. The molecule has 76 valence electrons. The first-order valence-electron chi connectivity index (χ1n) is 4.28. The zero-order valence-corrected chi connectivity index (χ0v) is 7.21. The molecule has 1 aliphatic heterocycles. The maximum absolute atomic E-state index is 11.4. The molecule has 14 heavy (non-hydrogen) atoms. The highest BCUT2D eigenvalue weighted by Crippen LogP contribution is 2.47. The molecule has 2 amide bonds. The van der Waals surface area contributed by atoms with Crippen LogP contribution in [-0.2, 0) is 14.4 Å². The van der Waals surface area contributed by atoms with Crippen molar-refractivity contribution in [3.05, 3.63) is 0 Å². The summed E-state index contributed by atoms with van der Waals surface area (Å²) in [7, 11) is 0. The number of carboxylic acid groups (broad SMARTS) is 1. The molecule has 1 heterocycles. The molecular weight excluding hydrogens is 190 g/mol. The highest BCUT2D eigenvalue weighted by molar-refractivity contribution is 6.11. The molecule has 3 unspecified atom stereocenters. The zero-order valence-electron chi connectivity index (χ0n) is 7.21. The molecule has 6 nitrogen and oxygen atoms in total. The molecule has 3 atom stereocenters. The average molecular weight is 199 g/mol. The summed E-state index contributed by atoms with van der Waals surface area (Å²) in [4.78, 5) is 34.1. The topological polar surface area (TPSA) is 94.9 Å². The summed E-state index contributed by atoms with van der Waals surface area (Å²) < 4.78 is 0. The minimum absolute atomic E-state index is 0.323. The van der Waals surface area contributed by atoms with Crippen LogP contribution in [0.15, 0.2) is 0 Å². The van der Waals surface area contributed by atoms with E-state index in [2.05, 4.69) is 0 Å². The first kappa shape index (κ1) is 9.14. The van der Waals surface area contributed by atoms with Crippen LogP contribution >= 0.6 is 0 Å². The third-order valence-electron chi connectivity index (χ3n) is 2.67. The van der Waals surface area contributed by atoms with Crippen molar-refractivity contribution in [2.45, 2.75) is 12.5 Å². The third-order valence-corrected chi connectivity index (χ3v) is 2.67. The van der Waals surface area contributed by atoms with E-state index in [4.69, 9.17) is 10.2 Å². The lowest BCUT2D eigenvalue weighted by atomic mass is 10.2. The number of nitrogens with zero attached hydrogens (tertiary/aromatic N) is 1. The highest BCUT2D eigenvalue weighted by atomic mass is 16.4. The van der Waals surface area contributed by atoms with Gasteiger partial charge in [0, 0.05) is 0 Å². The van der Waals surface area contributed by atoms with E-state index < -0.39 is 30.4 Å². The predicted molar refractivity (Wildman–Crippen MR) is 42.0 cm³/mol. The molecule has 6 heteroatoms. The standard InChI is InChI=1S/C8H9NO5/c10-2-5(8(13)14)9-6(11)3-1-4(3)7(9)12/h3-5,10H,1-2H2,(H,13,14). The van der Waals surface area contributed by atoms with Crippen LogP contribution in [0.4, 0.5) is 0 Å². The van der Waals surface area contributed by atoms with Gasteiger partial charge < -0.3 is 10.2 Å². The van der Waals surface area contributed by atoms with Crippen molar-refractivity contribution >= 4 is 17.8 Å². The number of aliphatic hydroxyl groups excluding tert-OH is 1. The number of hydrogen-bond donors (Lipinski definition) is 2. The minimum atomic E-state index is -1.41. The van der Waals surface area contributed by atoms with Crippen LogP contribution in [0.5, 0.6) is 0 Å². The van der Waals surface area contributed by atoms with Gasteiger partial charge in [-0.3, -0.25) is 14.5 Å². The number of imide groups is 1. The molecular formula is C8H9NO5. The van der Waals surface area contributed by atoms with E-state index in [1.165, 1.54) is 0 Å². The number of carboxylic acids is 1. The predicted octanol–water partition coefficient (Wildman–Crippen LogP) is -1.56. The van der Waals surface area contributed by atoms with Gasteiger partial charge in [0.25, 0.3) is 0 Å². The Kier molecular flexibility index (Phi) is 1.81. The van der Waals surface area contributed by atoms with Crippen molar-refractivity contribution in [1.29, 1.82) is 0 Å². The second-order valence-electron chi connectivity index (χ2n) is 3.53. The second kappa shape index (κ2) is 2.78. The van der Waals surface area contributed by atoms with E-state index in [1.807, 2.05) is 0 Å². The number of amides is 2. The molecule has 0 aromatic heterocycles. The Morgan fingerprint density at radius 2 is 1.93 bits per heavy atom. The fourth-order valence-corrected chi connectivity index (χ4v) is 1.78. The van der Waals surface area contributed by atoms with Crippen molar-refractivity contribution in [3.63, 3.8) is 0 Å². The maximum atomic E-state index is 11.4. The Morgan fingerprint density at radius 1 is 1.43 bits per heavy atom. The summed E-state index contributed by atoms with van der Waals surface area (Å²) in [5, 5.41) is 17.4. The lowest BCUT2D eigenvalue weighted by molar-refractivity contribution is -0.157. The van der Waals surface area contributed by atoms with Gasteiger partial charge in [-0.15, -0.1) is 0 Å². The number of hydrogen-bond acceptors (Lipinski definition) is 4. The highest BCUT2D eigenvalue weighted by Gasteiger charge is 2.61. The third kappa shape index (κ3) is 1.04. The van der Waals surface area contributed by atoms with E-state index in [1.54, 1.807) is 0 Å². The van der Waals surface area contributed by atoms with Crippen LogP contribution in [0.3, 0.4) is 0 Å². The van der Waals surface area contributed by atoms with Gasteiger partial charge >= 0.3 is 5.97 Å². The Hall–Kier alpha value is -1.43. The molecule has 0 aromatic rings. The lowest BCUT2D eigenvalue weighted by Crippen LogP contribution is -2.48. The number of likely N-dealkylation sites (tertiary alicyclic amines) is 1. The second-order valence-corrected chi connectivity index (χ2v) is 3.53. The monoisotopic (exact) mass is 199 g/mol. The molecule has 2 rings (SSSR count). The van der Waals surface area contributed by atoms with Crippen molar-refractivity contribution in [2.24, 2.45) is 11.8 Å². The van der Waals surface area contributed by atoms with Gasteiger partial charge in [0.2, 0.25) is 11.8 Å². The van der Waals surface area contributed by atoms with Crippen LogP contribution in [0.25, 0.3) is 0 Å². The van der Waals surface area contributed by atoms with E-state index in [-0.39, 0.29) is 11.8 Å². The summed E-state index contributed by atoms with van der Waals surface area (Å²) in [6, 6.07) is -1.41. The molecule has 2 N–H and O–H groups in total. The molecule has 0 aromatic carbocycles. The number of aliphatic hydroxyl groups is 1. The van der Waals surface area contributed by atoms with E-state index in [9.17, 15) is 14.4 Å². The van der Waals surface area contributed by atoms with Gasteiger partial charge in [-0.1, -0.05) is 0 Å². The molecule has 0 bridgehead atoms. The van der Waals surface area contributed by atoms with Gasteiger partial charge in [-0.25, -0.2) is 4.79 Å². The SMILES string of the molecule is O=C(O)C(CO)N1C(=O)C2CC2C1=O. The smallest absolute Gasteiger partial charge is 0.329 e. The van der Waals surface area contributed by atoms with Crippen LogP contribution in [0.2, 0.25) is 0 Å². The van der Waals surface area contributed by atoms with Crippen LogP contribution < -0.4 is 0 Å². The summed E-state index contributed by atoms with van der Waals surface area (Å²) in [5.74, 6) is -2.91. The fourth-order valence-electron chi connectivity index (χ4n) is 1.78. The summed E-state index contributed by atoms with van der Waals surface area (Å²) in [6.45, 7) is -0.730. The van der Waals surface area contributed by atoms with Crippen molar-refractivity contribution in [2.75, 3.05) is 6.61 Å². The largest absolute Gasteiger partial charge is 0.480 e. The number of aliphatic carboxylic acids is 1. The Morgan fingerprint density at radius 3 is 2.29 bits per heavy atom. The van der Waals surface area contributed by atoms with E-state index >= 15 is 0 Å². The van der Waals surface area contributed by atoms with E-state index in [0.717, 1.165) is 0 Å². The summed E-state index contributed by atoms with van der Waals surface area (Å²) >= 11 is 0. The molecule has 0 spiro atoms. The van der Waals surface area contributed by atoms with Crippen molar-refractivity contribution in [1.82, 2.24) is 4.90 Å². The molecule has 0 radical (unpaired) electrons. The number of carbonyl (C=O) groups excluding carboxylic acids is 2. The van der Waals surface area contributed by atoms with E-state index in [0.29, 0.717) is 11.3 Å². The van der Waals surface area contributed by atoms with Crippen molar-refractivity contribution in [3.8, 4) is 0 Å². The van der Waals surface area contributed by atoms with Gasteiger partial charge in [-0.2, -0.15) is 0 Å². The Bertz CT molecular complexity index is 306. The number of rotatable bonds is 3.